The molecule has 1 aromatic carbocycles. The van der Waals surface area contributed by atoms with Crippen molar-refractivity contribution in [3.63, 3.8) is 0 Å². The third kappa shape index (κ3) is 3.62. The van der Waals surface area contributed by atoms with Crippen molar-refractivity contribution in [2.75, 3.05) is 26.2 Å². The number of hydrogen-bond acceptors (Lipinski definition) is 2. The monoisotopic (exact) mass is 356 g/mol. The molecule has 7 heteroatoms. The number of alkyl halides is 3. The van der Waals surface area contributed by atoms with Crippen LogP contribution in [-0.4, -0.2) is 37.3 Å². The molecule has 1 saturated heterocycles. The van der Waals surface area contributed by atoms with Gasteiger partial charge >= 0.3 is 6.18 Å². The molecule has 1 atom stereocenters. The number of nitrogens with zero attached hydrogens (tertiary/aromatic N) is 1. The summed E-state index contributed by atoms with van der Waals surface area (Å²) >= 11 is 9.18. The third-order valence-corrected chi connectivity index (χ3v) is 3.90. The highest BCUT2D eigenvalue weighted by Crippen LogP contribution is 2.41. The maximum atomic E-state index is 13.3. The molecule has 1 heterocycles. The van der Waals surface area contributed by atoms with E-state index in [1.54, 1.807) is 6.07 Å². The van der Waals surface area contributed by atoms with Gasteiger partial charge in [0.15, 0.2) is 0 Å². The quantitative estimate of drug-likeness (QED) is 0.870. The van der Waals surface area contributed by atoms with Crippen molar-refractivity contribution >= 4 is 27.5 Å². The molecule has 106 valence electrons. The highest BCUT2D eigenvalue weighted by atomic mass is 79.9. The van der Waals surface area contributed by atoms with Crippen LogP contribution in [0.3, 0.4) is 0 Å². The van der Waals surface area contributed by atoms with Gasteiger partial charge in [0.1, 0.15) is 6.04 Å². The van der Waals surface area contributed by atoms with Crippen LogP contribution >= 0.6 is 27.5 Å². The zero-order valence-corrected chi connectivity index (χ0v) is 12.3. The van der Waals surface area contributed by atoms with Gasteiger partial charge in [-0.1, -0.05) is 33.6 Å². The number of nitrogens with one attached hydrogen (secondary N) is 1. The van der Waals surface area contributed by atoms with Gasteiger partial charge in [0.2, 0.25) is 0 Å². The molecule has 1 N–H and O–H groups in total. The molecule has 19 heavy (non-hydrogen) atoms. The lowest BCUT2D eigenvalue weighted by Gasteiger charge is -2.36. The predicted molar refractivity (Wildman–Crippen MR) is 72.4 cm³/mol. The smallest absolute Gasteiger partial charge is 0.314 e. The minimum absolute atomic E-state index is 0.110. The highest BCUT2D eigenvalue weighted by Gasteiger charge is 2.45. The summed E-state index contributed by atoms with van der Waals surface area (Å²) in [6, 6.07) is 2.88. The average Bonchev–Trinajstić information content (AvgIpc) is 2.32. The van der Waals surface area contributed by atoms with E-state index in [0.717, 1.165) is 0 Å². The Hall–Kier alpha value is -0.300. The molecule has 0 aromatic heterocycles. The van der Waals surface area contributed by atoms with Gasteiger partial charge in [0.25, 0.3) is 0 Å². The molecule has 0 unspecified atom stereocenters. The molecular weight excluding hydrogens is 344 g/mol. The van der Waals surface area contributed by atoms with E-state index in [4.69, 9.17) is 11.6 Å². The van der Waals surface area contributed by atoms with Crippen LogP contribution in [0.1, 0.15) is 11.6 Å². The van der Waals surface area contributed by atoms with Gasteiger partial charge in [-0.3, -0.25) is 4.90 Å². The first kappa shape index (κ1) is 15.1. The lowest BCUT2D eigenvalue weighted by molar-refractivity contribution is -0.187. The molecular formula is C12H13BrClF3N2. The van der Waals surface area contributed by atoms with E-state index in [2.05, 4.69) is 21.2 Å². The molecule has 0 aliphatic carbocycles. The maximum Gasteiger partial charge on any atom is 0.408 e. The fourth-order valence-electron chi connectivity index (χ4n) is 2.24. The molecule has 1 aliphatic heterocycles. The number of piperazine rings is 1. The van der Waals surface area contributed by atoms with E-state index < -0.39 is 12.2 Å². The van der Waals surface area contributed by atoms with Crippen LogP contribution in [0.5, 0.6) is 0 Å². The van der Waals surface area contributed by atoms with Crippen LogP contribution in [0.25, 0.3) is 0 Å². The number of benzene rings is 1. The maximum absolute atomic E-state index is 13.3. The molecule has 0 spiro atoms. The van der Waals surface area contributed by atoms with Crippen molar-refractivity contribution in [2.45, 2.75) is 12.2 Å². The minimum Gasteiger partial charge on any atom is -0.314 e. The van der Waals surface area contributed by atoms with Crippen LogP contribution in [0, 0.1) is 0 Å². The van der Waals surface area contributed by atoms with Gasteiger partial charge in [-0.25, -0.2) is 0 Å². The van der Waals surface area contributed by atoms with E-state index in [1.165, 1.54) is 17.0 Å². The normalized spacial score (nSPS) is 19.4. The second kappa shape index (κ2) is 5.99. The van der Waals surface area contributed by atoms with Gasteiger partial charge in [-0.2, -0.15) is 13.2 Å². The molecule has 0 saturated carbocycles. The summed E-state index contributed by atoms with van der Waals surface area (Å²) in [6.45, 7) is 1.83. The molecule has 2 rings (SSSR count). The van der Waals surface area contributed by atoms with E-state index >= 15 is 0 Å². The summed E-state index contributed by atoms with van der Waals surface area (Å²) in [5.74, 6) is 0. The van der Waals surface area contributed by atoms with Gasteiger partial charge in [-0.05, 0) is 17.7 Å². The minimum atomic E-state index is -4.34. The van der Waals surface area contributed by atoms with Crippen molar-refractivity contribution in [3.8, 4) is 0 Å². The van der Waals surface area contributed by atoms with Crippen LogP contribution in [0.2, 0.25) is 5.02 Å². The molecule has 1 aliphatic rings. The van der Waals surface area contributed by atoms with Crippen molar-refractivity contribution < 1.29 is 13.2 Å². The molecule has 0 radical (unpaired) electrons. The Balaban J connectivity index is 2.36. The van der Waals surface area contributed by atoms with Crippen LogP contribution in [-0.2, 0) is 0 Å². The second-order valence-corrected chi connectivity index (χ2v) is 5.72. The summed E-state index contributed by atoms with van der Waals surface area (Å²) < 4.78 is 40.7. The van der Waals surface area contributed by atoms with Gasteiger partial charge in [0, 0.05) is 35.7 Å². The van der Waals surface area contributed by atoms with Crippen LogP contribution < -0.4 is 5.32 Å². The van der Waals surface area contributed by atoms with E-state index in [-0.39, 0.29) is 10.6 Å². The van der Waals surface area contributed by atoms with Crippen LogP contribution in [0.4, 0.5) is 13.2 Å². The molecule has 2 nitrogen and oxygen atoms in total. The van der Waals surface area contributed by atoms with Crippen molar-refractivity contribution in [2.24, 2.45) is 0 Å². The molecule has 1 aromatic rings. The Labute approximate surface area is 123 Å². The first-order valence-electron chi connectivity index (χ1n) is 5.86. The lowest BCUT2D eigenvalue weighted by Crippen LogP contribution is -2.49. The summed E-state index contributed by atoms with van der Waals surface area (Å²) in [5, 5.41) is 3.18. The lowest BCUT2D eigenvalue weighted by atomic mass is 10.0. The van der Waals surface area contributed by atoms with Gasteiger partial charge in [0.05, 0.1) is 0 Å². The highest BCUT2D eigenvalue weighted by molar-refractivity contribution is 9.10. The predicted octanol–water partition coefficient (Wildman–Crippen LogP) is 3.61. The summed E-state index contributed by atoms with van der Waals surface area (Å²) in [7, 11) is 0. The summed E-state index contributed by atoms with van der Waals surface area (Å²) in [6.07, 6.45) is -4.34. The Morgan fingerprint density at radius 3 is 2.42 bits per heavy atom. The number of rotatable bonds is 2. The Morgan fingerprint density at radius 1 is 1.26 bits per heavy atom. The SMILES string of the molecule is FC(F)(F)[C@@H](c1ccc(Br)cc1Cl)N1CCNCC1. The van der Waals surface area contributed by atoms with Gasteiger partial charge in [-0.15, -0.1) is 0 Å². The van der Waals surface area contributed by atoms with Crippen molar-refractivity contribution in [1.29, 1.82) is 0 Å². The Kier molecular flexibility index (Phi) is 4.76. The summed E-state index contributed by atoms with van der Waals surface area (Å²) in [4.78, 5) is 1.42. The zero-order chi connectivity index (χ0) is 14.0. The largest absolute Gasteiger partial charge is 0.408 e. The zero-order valence-electron chi connectivity index (χ0n) is 9.97. The van der Waals surface area contributed by atoms with E-state index in [1.807, 2.05) is 0 Å². The third-order valence-electron chi connectivity index (χ3n) is 3.08. The standard InChI is InChI=1S/C12H13BrClF3N2/c13-8-1-2-9(10(14)7-8)11(12(15,16)17)19-5-3-18-4-6-19/h1-2,7,11,18H,3-6H2/t11-/m1/s1. The van der Waals surface area contributed by atoms with E-state index in [9.17, 15) is 13.2 Å². The fraction of sp³-hybridized carbons (Fsp3) is 0.500. The number of hydrogen-bond donors (Lipinski definition) is 1. The summed E-state index contributed by atoms with van der Waals surface area (Å²) in [5.41, 5.74) is 0.110. The molecule has 0 amide bonds. The van der Waals surface area contributed by atoms with Crippen molar-refractivity contribution in [1.82, 2.24) is 10.2 Å². The first-order valence-corrected chi connectivity index (χ1v) is 7.03. The first-order chi connectivity index (χ1) is 8.89. The van der Waals surface area contributed by atoms with Gasteiger partial charge < -0.3 is 5.32 Å². The molecule has 0 bridgehead atoms. The fourth-order valence-corrected chi connectivity index (χ4v) is 3.02. The second-order valence-electron chi connectivity index (χ2n) is 4.40. The Bertz CT molecular complexity index is 447. The topological polar surface area (TPSA) is 15.3 Å². The van der Waals surface area contributed by atoms with Crippen LogP contribution in [0.15, 0.2) is 22.7 Å². The van der Waals surface area contributed by atoms with Crippen molar-refractivity contribution in [3.05, 3.63) is 33.3 Å². The number of halogens is 5. The van der Waals surface area contributed by atoms with E-state index in [0.29, 0.717) is 30.7 Å². The Morgan fingerprint density at radius 2 is 1.89 bits per heavy atom. The molecule has 1 fully saturated rings. The average molecular weight is 358 g/mol.